The number of halogens is 1. The Kier molecular flexibility index (Phi) is 23.7. The van der Waals surface area contributed by atoms with Gasteiger partial charge in [0, 0.05) is 0 Å². The molecule has 0 saturated heterocycles. The van der Waals surface area contributed by atoms with E-state index in [9.17, 15) is 0 Å². The smallest absolute Gasteiger partial charge is 0.379 e. The van der Waals surface area contributed by atoms with Gasteiger partial charge in [-0.25, -0.2) is 4.57 Å². The van der Waals surface area contributed by atoms with E-state index in [2.05, 4.69) is 0 Å². The van der Waals surface area contributed by atoms with Gasteiger partial charge >= 0.3 is 7.82 Å². The Morgan fingerprint density at radius 2 is 1.23 bits per heavy atom. The fraction of sp³-hybridized carbons (Fsp3) is 0. The van der Waals surface area contributed by atoms with Crippen LogP contribution in [-0.2, 0) is 4.57 Å². The van der Waals surface area contributed by atoms with Gasteiger partial charge in [0.25, 0.3) is 0 Å². The third kappa shape index (κ3) is 891. The molecule has 0 aromatic carbocycles. The van der Waals surface area contributed by atoms with Crippen LogP contribution in [0.5, 0.6) is 0 Å². The zero-order chi connectivity index (χ0) is 10.8. The van der Waals surface area contributed by atoms with Crippen molar-refractivity contribution in [3.8, 4) is 0 Å². The fourth-order valence-corrected chi connectivity index (χ4v) is 0. The van der Waals surface area contributed by atoms with Gasteiger partial charge in [0.2, 0.25) is 0 Å². The molecule has 0 bridgehead atoms. The Bertz CT molecular complexity index is 149. The lowest BCUT2D eigenvalue weighted by Gasteiger charge is -1.82. The van der Waals surface area contributed by atoms with E-state index in [-0.39, 0.29) is 12.4 Å². The molecule has 0 heterocycles. The zero-order valence-corrected chi connectivity index (χ0v) is 7.29. The molecule has 0 aromatic rings. The minimum Gasteiger partial charge on any atom is -0.379 e. The summed E-state index contributed by atoms with van der Waals surface area (Å²) in [6, 6.07) is 0. The van der Waals surface area contributed by atoms with E-state index in [0.717, 1.165) is 0 Å². The molecular formula is H5ClN2O9P-. The molecule has 82 valence electrons. The van der Waals surface area contributed by atoms with Gasteiger partial charge in [-0.3, -0.25) is 0 Å². The lowest BCUT2D eigenvalue weighted by Crippen LogP contribution is -1.74. The molecule has 11 nitrogen and oxygen atoms in total. The summed E-state index contributed by atoms with van der Waals surface area (Å²) in [5.41, 5.74) is 0. The standard InChI is InChI=1S/ClH.NO3.HNO2.H3O4P/c;2-1(3)4;2-1-3;1-5(2,3)4/h1H;;(H,2,3);(H3,1,2,3,4)/q;-1;;. The van der Waals surface area contributed by atoms with Gasteiger partial charge in [-0.1, -0.05) is 0 Å². The van der Waals surface area contributed by atoms with Crippen molar-refractivity contribution < 1.29 is 29.5 Å². The summed E-state index contributed by atoms with van der Waals surface area (Å²) in [4.78, 5) is 37.9. The maximum Gasteiger partial charge on any atom is 0.466 e. The normalized spacial score (nSPS) is 7.31. The van der Waals surface area contributed by atoms with Gasteiger partial charge in [0.15, 0.2) is 5.34 Å². The average molecular weight is 243 g/mol. The minimum absolute atomic E-state index is 0. The van der Waals surface area contributed by atoms with Crippen molar-refractivity contribution in [2.75, 3.05) is 0 Å². The largest absolute Gasteiger partial charge is 0.466 e. The highest BCUT2D eigenvalue weighted by Gasteiger charge is 2.00. The molecule has 4 N–H and O–H groups in total. The summed E-state index contributed by atoms with van der Waals surface area (Å²) in [6.07, 6.45) is 0. The van der Waals surface area contributed by atoms with Crippen LogP contribution in [0.15, 0.2) is 5.34 Å². The summed E-state index contributed by atoms with van der Waals surface area (Å²) in [7, 11) is -4.64. The molecule has 0 unspecified atom stereocenters. The molecule has 0 fully saturated rings. The average Bonchev–Trinajstić information content (AvgIpc) is 1.56. The SMILES string of the molecule is Cl.O=NO.O=P(O)(O)O.O=[N+]([O-])[O-]. The van der Waals surface area contributed by atoms with Crippen molar-refractivity contribution in [2.24, 2.45) is 5.34 Å². The molecule has 0 atom stereocenters. The van der Waals surface area contributed by atoms with Crippen LogP contribution in [0.4, 0.5) is 0 Å². The van der Waals surface area contributed by atoms with E-state index in [0.29, 0.717) is 0 Å². The number of hydrogen-bond donors (Lipinski definition) is 4. The van der Waals surface area contributed by atoms with Gasteiger partial charge in [-0.2, -0.15) is 0 Å². The van der Waals surface area contributed by atoms with E-state index < -0.39 is 12.9 Å². The first-order valence-corrected chi connectivity index (χ1v) is 3.28. The lowest BCUT2D eigenvalue weighted by molar-refractivity contribution is -0.402. The number of nitrogens with zero attached hydrogens (tertiary/aromatic N) is 2. The molecule has 13 heavy (non-hydrogen) atoms. The van der Waals surface area contributed by atoms with Crippen LogP contribution in [-0.4, -0.2) is 25.0 Å². The summed E-state index contributed by atoms with van der Waals surface area (Å²) >= 11 is 0. The Morgan fingerprint density at radius 1 is 1.23 bits per heavy atom. The maximum absolute atomic E-state index is 8.88. The van der Waals surface area contributed by atoms with Crippen molar-refractivity contribution in [1.29, 1.82) is 0 Å². The maximum atomic E-state index is 8.88. The third-order valence-electron chi connectivity index (χ3n) is 0. The first-order chi connectivity index (χ1) is 5.15. The van der Waals surface area contributed by atoms with E-state index in [1.807, 2.05) is 0 Å². The predicted molar refractivity (Wildman–Crippen MR) is 39.5 cm³/mol. The van der Waals surface area contributed by atoms with Crippen molar-refractivity contribution >= 4 is 20.2 Å². The van der Waals surface area contributed by atoms with Crippen molar-refractivity contribution in [3.63, 3.8) is 0 Å². The second-order valence-electron chi connectivity index (χ2n) is 0.819. The molecule has 0 aromatic heterocycles. The summed E-state index contributed by atoms with van der Waals surface area (Å²) in [6.45, 7) is 0. The van der Waals surface area contributed by atoms with Gasteiger partial charge in [0.05, 0.1) is 5.09 Å². The fourth-order valence-electron chi connectivity index (χ4n) is 0. The molecule has 13 heteroatoms. The van der Waals surface area contributed by atoms with Crippen LogP contribution in [0.3, 0.4) is 0 Å². The van der Waals surface area contributed by atoms with Crippen LogP contribution >= 0.6 is 20.2 Å². The Hall–Kier alpha value is -1.00. The zero-order valence-electron chi connectivity index (χ0n) is 5.58. The highest BCUT2D eigenvalue weighted by molar-refractivity contribution is 7.45. The molecule has 0 amide bonds. The van der Waals surface area contributed by atoms with Gasteiger partial charge in [-0.15, -0.1) is 17.3 Å². The van der Waals surface area contributed by atoms with Crippen molar-refractivity contribution in [2.45, 2.75) is 0 Å². The molecular weight excluding hydrogens is 238 g/mol. The molecule has 0 rings (SSSR count). The Balaban J connectivity index is -0.0000000465. The monoisotopic (exact) mass is 243 g/mol. The number of phosphoric acid groups is 1. The molecule has 0 spiro atoms. The van der Waals surface area contributed by atoms with E-state index in [1.54, 1.807) is 0 Å². The van der Waals surface area contributed by atoms with Crippen LogP contribution in [0.25, 0.3) is 0 Å². The summed E-state index contributed by atoms with van der Waals surface area (Å²) < 4.78 is 8.88. The second-order valence-corrected chi connectivity index (χ2v) is 1.85. The highest BCUT2D eigenvalue weighted by Crippen LogP contribution is 2.25. The van der Waals surface area contributed by atoms with Gasteiger partial charge in [-0.05, 0) is 0 Å². The van der Waals surface area contributed by atoms with Crippen LogP contribution < -0.4 is 0 Å². The number of hydrogen-bond acceptors (Lipinski definition) is 6. The first-order valence-electron chi connectivity index (χ1n) is 1.71. The predicted octanol–water partition coefficient (Wildman–Crippen LogP) is -0.604. The molecule has 0 aliphatic heterocycles. The second kappa shape index (κ2) is 13.6. The third-order valence-corrected chi connectivity index (χ3v) is 0. The van der Waals surface area contributed by atoms with E-state index >= 15 is 0 Å². The van der Waals surface area contributed by atoms with Crippen molar-refractivity contribution in [3.05, 3.63) is 20.2 Å². The van der Waals surface area contributed by atoms with E-state index in [4.69, 9.17) is 44.7 Å². The highest BCUT2D eigenvalue weighted by atomic mass is 35.5. The lowest BCUT2D eigenvalue weighted by atomic mass is 13.1. The molecule has 0 aliphatic carbocycles. The number of rotatable bonds is 0. The van der Waals surface area contributed by atoms with Crippen LogP contribution in [0.2, 0.25) is 0 Å². The van der Waals surface area contributed by atoms with E-state index in [1.165, 1.54) is 5.34 Å². The molecule has 0 radical (unpaired) electrons. The first kappa shape index (κ1) is 22.7. The Labute approximate surface area is 76.3 Å². The molecule has 0 aliphatic rings. The van der Waals surface area contributed by atoms with Gasteiger partial charge < -0.3 is 35.2 Å². The minimum atomic E-state index is -4.64. The molecule has 0 saturated carbocycles. The quantitative estimate of drug-likeness (QED) is 0.186. The van der Waals surface area contributed by atoms with Crippen LogP contribution in [0, 0.1) is 20.2 Å². The topological polar surface area (TPSA) is 194 Å². The summed E-state index contributed by atoms with van der Waals surface area (Å²) in [5.74, 6) is 0. The summed E-state index contributed by atoms with van der Waals surface area (Å²) in [5, 5.41) is 22.6. The van der Waals surface area contributed by atoms with Gasteiger partial charge in [0.1, 0.15) is 0 Å². The Morgan fingerprint density at radius 3 is 1.23 bits per heavy atom. The van der Waals surface area contributed by atoms with Crippen molar-refractivity contribution in [1.82, 2.24) is 0 Å². The van der Waals surface area contributed by atoms with Crippen LogP contribution in [0.1, 0.15) is 0 Å².